The van der Waals surface area contributed by atoms with Crippen molar-refractivity contribution in [2.24, 2.45) is 0 Å². The van der Waals surface area contributed by atoms with E-state index >= 15 is 0 Å². The van der Waals surface area contributed by atoms with Crippen LogP contribution in [0.2, 0.25) is 0 Å². The number of benzene rings is 2. The Bertz CT molecular complexity index is 1050. The number of aliphatic hydroxyl groups is 1. The van der Waals surface area contributed by atoms with E-state index in [9.17, 15) is 9.90 Å². The number of carbonyl (C=O) groups excluding carboxylic acids is 1. The van der Waals surface area contributed by atoms with E-state index < -0.39 is 0 Å². The third-order valence-corrected chi connectivity index (χ3v) is 6.08. The standard InChI is InChI=1S/C25H26N2O3/c28-22-9-10-23-20(16-22)17-24(18-5-2-1-3-6-18)27(23)21-8-4-7-19(15-21)25(29)26-11-13-30-14-12-26/h1-8,15,17,22,28H,9-14,16H2. The largest absolute Gasteiger partial charge is 0.393 e. The highest BCUT2D eigenvalue weighted by molar-refractivity contribution is 5.95. The quantitative estimate of drug-likeness (QED) is 0.730. The Hall–Kier alpha value is -2.89. The minimum atomic E-state index is -0.286. The number of nitrogens with zero attached hydrogens (tertiary/aromatic N) is 2. The molecule has 3 aromatic rings. The first-order valence-corrected chi connectivity index (χ1v) is 10.6. The first-order chi connectivity index (χ1) is 14.7. The Morgan fingerprint density at radius 1 is 1.00 bits per heavy atom. The van der Waals surface area contributed by atoms with Crippen LogP contribution in [0.15, 0.2) is 60.7 Å². The number of ether oxygens (including phenoxy) is 1. The molecule has 0 saturated carbocycles. The smallest absolute Gasteiger partial charge is 0.254 e. The molecule has 5 rings (SSSR count). The highest BCUT2D eigenvalue weighted by Gasteiger charge is 2.25. The SMILES string of the molecule is O=C(c1cccc(-n2c(-c3ccccc3)cc3c2CCC(O)C3)c1)N1CCOCC1. The van der Waals surface area contributed by atoms with Crippen LogP contribution in [-0.4, -0.2) is 52.9 Å². The molecule has 1 aliphatic heterocycles. The van der Waals surface area contributed by atoms with E-state index in [1.165, 1.54) is 11.3 Å². The fourth-order valence-corrected chi connectivity index (χ4v) is 4.55. The normalized spacial score (nSPS) is 18.8. The van der Waals surface area contributed by atoms with E-state index in [1.54, 1.807) is 0 Å². The van der Waals surface area contributed by atoms with Crippen LogP contribution < -0.4 is 0 Å². The zero-order valence-electron chi connectivity index (χ0n) is 17.0. The second-order valence-electron chi connectivity index (χ2n) is 8.05. The van der Waals surface area contributed by atoms with Crippen LogP contribution >= 0.6 is 0 Å². The molecule has 5 nitrogen and oxygen atoms in total. The predicted molar refractivity (Wildman–Crippen MR) is 116 cm³/mol. The lowest BCUT2D eigenvalue weighted by Gasteiger charge is -2.27. The zero-order chi connectivity index (χ0) is 20.5. The van der Waals surface area contributed by atoms with Crippen molar-refractivity contribution >= 4 is 5.91 Å². The van der Waals surface area contributed by atoms with Gasteiger partial charge in [0.05, 0.1) is 25.0 Å². The van der Waals surface area contributed by atoms with Crippen molar-refractivity contribution in [1.82, 2.24) is 9.47 Å². The van der Waals surface area contributed by atoms with Crippen LogP contribution in [0.1, 0.15) is 28.0 Å². The second kappa shape index (κ2) is 8.09. The molecule has 2 aromatic carbocycles. The summed E-state index contributed by atoms with van der Waals surface area (Å²) in [6.07, 6.45) is 1.98. The minimum Gasteiger partial charge on any atom is -0.393 e. The molecule has 154 valence electrons. The molecule has 1 aromatic heterocycles. The lowest BCUT2D eigenvalue weighted by atomic mass is 9.95. The van der Waals surface area contributed by atoms with Crippen molar-refractivity contribution in [1.29, 1.82) is 0 Å². The number of aromatic nitrogens is 1. The number of carbonyl (C=O) groups is 1. The van der Waals surface area contributed by atoms with E-state index in [1.807, 2.05) is 41.3 Å². The molecule has 1 unspecified atom stereocenters. The molecule has 1 atom stereocenters. The predicted octanol–water partition coefficient (Wildman–Crippen LogP) is 3.47. The van der Waals surface area contributed by atoms with Crippen LogP contribution in [0.25, 0.3) is 16.9 Å². The van der Waals surface area contributed by atoms with Crippen molar-refractivity contribution in [3.63, 3.8) is 0 Å². The van der Waals surface area contributed by atoms with Crippen LogP contribution in [0.3, 0.4) is 0 Å². The van der Waals surface area contributed by atoms with Crippen molar-refractivity contribution in [2.75, 3.05) is 26.3 Å². The van der Waals surface area contributed by atoms with Gasteiger partial charge in [0.25, 0.3) is 5.91 Å². The van der Waals surface area contributed by atoms with Gasteiger partial charge in [0.15, 0.2) is 0 Å². The van der Waals surface area contributed by atoms with Crippen molar-refractivity contribution in [2.45, 2.75) is 25.4 Å². The molecule has 0 spiro atoms. The maximum Gasteiger partial charge on any atom is 0.254 e. The summed E-state index contributed by atoms with van der Waals surface area (Å²) in [7, 11) is 0. The van der Waals surface area contributed by atoms with Gasteiger partial charge in [-0.3, -0.25) is 4.79 Å². The van der Waals surface area contributed by atoms with E-state index in [-0.39, 0.29) is 12.0 Å². The molecule has 1 saturated heterocycles. The Morgan fingerprint density at radius 3 is 2.60 bits per heavy atom. The Kier molecular flexibility index (Phi) is 5.15. The Balaban J connectivity index is 1.59. The van der Waals surface area contributed by atoms with E-state index in [0.717, 1.165) is 29.8 Å². The lowest BCUT2D eigenvalue weighted by Crippen LogP contribution is -2.40. The molecule has 1 N–H and O–H groups in total. The zero-order valence-corrected chi connectivity index (χ0v) is 17.0. The summed E-state index contributed by atoms with van der Waals surface area (Å²) in [6, 6.07) is 20.4. The average molecular weight is 402 g/mol. The van der Waals surface area contributed by atoms with E-state index in [4.69, 9.17) is 4.74 Å². The maximum atomic E-state index is 13.0. The molecule has 2 aliphatic rings. The van der Waals surface area contributed by atoms with Gasteiger partial charge in [-0.1, -0.05) is 36.4 Å². The van der Waals surface area contributed by atoms with Gasteiger partial charge in [0.2, 0.25) is 0 Å². The summed E-state index contributed by atoms with van der Waals surface area (Å²) in [5, 5.41) is 10.2. The topological polar surface area (TPSA) is 54.7 Å². The van der Waals surface area contributed by atoms with Crippen molar-refractivity contribution in [3.05, 3.63) is 77.5 Å². The number of aliphatic hydroxyl groups excluding tert-OH is 1. The molecule has 1 amide bonds. The highest BCUT2D eigenvalue weighted by atomic mass is 16.5. The average Bonchev–Trinajstić information content (AvgIpc) is 3.18. The Morgan fingerprint density at radius 2 is 1.80 bits per heavy atom. The molecule has 5 heteroatoms. The first-order valence-electron chi connectivity index (χ1n) is 10.6. The van der Waals surface area contributed by atoms with Crippen molar-refractivity contribution in [3.8, 4) is 16.9 Å². The number of hydrogen-bond donors (Lipinski definition) is 1. The first kappa shape index (κ1) is 19.1. The molecule has 1 aliphatic carbocycles. The Labute approximate surface area is 176 Å². The fraction of sp³-hybridized carbons (Fsp3) is 0.320. The monoisotopic (exact) mass is 402 g/mol. The summed E-state index contributed by atoms with van der Waals surface area (Å²) >= 11 is 0. The number of morpholine rings is 1. The van der Waals surface area contributed by atoms with E-state index in [0.29, 0.717) is 38.3 Å². The van der Waals surface area contributed by atoms with Gasteiger partial charge >= 0.3 is 0 Å². The van der Waals surface area contributed by atoms with Crippen LogP contribution in [-0.2, 0) is 17.6 Å². The van der Waals surface area contributed by atoms with Gasteiger partial charge in [0, 0.05) is 36.5 Å². The van der Waals surface area contributed by atoms with Gasteiger partial charge in [0.1, 0.15) is 0 Å². The molecular weight excluding hydrogens is 376 g/mol. The number of fused-ring (bicyclic) bond motifs is 1. The maximum absolute atomic E-state index is 13.0. The summed E-state index contributed by atoms with van der Waals surface area (Å²) in [6.45, 7) is 2.46. The summed E-state index contributed by atoms with van der Waals surface area (Å²) < 4.78 is 7.66. The minimum absolute atomic E-state index is 0.0536. The van der Waals surface area contributed by atoms with Gasteiger partial charge in [-0.2, -0.15) is 0 Å². The summed E-state index contributed by atoms with van der Waals surface area (Å²) in [5.41, 5.74) is 6.35. The molecule has 2 heterocycles. The van der Waals surface area contributed by atoms with Gasteiger partial charge in [-0.25, -0.2) is 0 Å². The molecule has 0 bridgehead atoms. The van der Waals surface area contributed by atoms with Crippen LogP contribution in [0, 0.1) is 0 Å². The molecule has 1 fully saturated rings. The van der Waals surface area contributed by atoms with Crippen LogP contribution in [0.5, 0.6) is 0 Å². The summed E-state index contributed by atoms with van der Waals surface area (Å²) in [4.78, 5) is 14.9. The molecule has 0 radical (unpaired) electrons. The van der Waals surface area contributed by atoms with E-state index in [2.05, 4.69) is 28.8 Å². The number of rotatable bonds is 3. The highest BCUT2D eigenvalue weighted by Crippen LogP contribution is 2.34. The lowest BCUT2D eigenvalue weighted by molar-refractivity contribution is 0.0303. The second-order valence-corrected chi connectivity index (χ2v) is 8.05. The van der Waals surface area contributed by atoms with Gasteiger partial charge < -0.3 is 19.3 Å². The molecule has 30 heavy (non-hydrogen) atoms. The number of amides is 1. The summed E-state index contributed by atoms with van der Waals surface area (Å²) in [5.74, 6) is 0.0536. The van der Waals surface area contributed by atoms with Crippen molar-refractivity contribution < 1.29 is 14.6 Å². The van der Waals surface area contributed by atoms with Gasteiger partial charge in [-0.15, -0.1) is 0 Å². The third-order valence-electron chi connectivity index (χ3n) is 6.08. The number of hydrogen-bond acceptors (Lipinski definition) is 3. The third kappa shape index (κ3) is 3.55. The molecular formula is C25H26N2O3. The van der Waals surface area contributed by atoms with Crippen LogP contribution in [0.4, 0.5) is 0 Å². The van der Waals surface area contributed by atoms with Gasteiger partial charge in [-0.05, 0) is 48.2 Å². The fourth-order valence-electron chi connectivity index (χ4n) is 4.55.